The predicted molar refractivity (Wildman–Crippen MR) is 155 cm³/mol. The van der Waals surface area contributed by atoms with Gasteiger partial charge in [-0.3, -0.25) is 14.9 Å². The molecule has 1 aliphatic heterocycles. The van der Waals surface area contributed by atoms with Crippen molar-refractivity contribution in [3.63, 3.8) is 0 Å². The Morgan fingerprint density at radius 3 is 2.45 bits per heavy atom. The number of carbonyl (C=O) groups excluding carboxylic acids is 3. The number of carbonyl (C=O) groups is 3. The quantitative estimate of drug-likeness (QED) is 0.186. The predicted octanol–water partition coefficient (Wildman–Crippen LogP) is 7.23. The van der Waals surface area contributed by atoms with Gasteiger partial charge in [-0.05, 0) is 87.6 Å². The van der Waals surface area contributed by atoms with Gasteiger partial charge >= 0.3 is 6.03 Å². The van der Waals surface area contributed by atoms with Crippen molar-refractivity contribution < 1.29 is 19.1 Å². The normalized spacial score (nSPS) is 14.8. The van der Waals surface area contributed by atoms with Crippen molar-refractivity contribution >= 4 is 72.2 Å². The molecular formula is C30H22Br2N2O4. The molecule has 0 aromatic heterocycles. The van der Waals surface area contributed by atoms with E-state index in [1.165, 1.54) is 6.08 Å². The number of nitrogens with zero attached hydrogens (tertiary/aromatic N) is 1. The first-order valence-electron chi connectivity index (χ1n) is 11.8. The number of amides is 4. The summed E-state index contributed by atoms with van der Waals surface area (Å²) in [5.41, 5.74) is 3.65. The van der Waals surface area contributed by atoms with Crippen LogP contribution in [-0.2, 0) is 16.2 Å². The van der Waals surface area contributed by atoms with Gasteiger partial charge in [0, 0.05) is 10.0 Å². The zero-order valence-electron chi connectivity index (χ0n) is 20.5. The molecule has 1 saturated heterocycles. The number of rotatable bonds is 5. The number of hydrogen-bond acceptors (Lipinski definition) is 4. The molecule has 190 valence electrons. The zero-order valence-corrected chi connectivity index (χ0v) is 23.7. The minimum absolute atomic E-state index is 0.178. The van der Waals surface area contributed by atoms with Gasteiger partial charge in [-0.1, -0.05) is 64.5 Å². The van der Waals surface area contributed by atoms with Crippen molar-refractivity contribution in [3.8, 4) is 5.75 Å². The average molecular weight is 634 g/mol. The molecule has 1 fully saturated rings. The Balaban J connectivity index is 1.52. The highest BCUT2D eigenvalue weighted by Crippen LogP contribution is 2.36. The number of aryl methyl sites for hydroxylation is 2. The number of imide groups is 2. The van der Waals surface area contributed by atoms with Crippen molar-refractivity contribution in [1.82, 2.24) is 5.32 Å². The second kappa shape index (κ2) is 10.6. The monoisotopic (exact) mass is 632 g/mol. The first-order chi connectivity index (χ1) is 18.2. The Kier molecular flexibility index (Phi) is 7.19. The van der Waals surface area contributed by atoms with Gasteiger partial charge in [0.05, 0.1) is 10.2 Å². The van der Waals surface area contributed by atoms with E-state index in [1.54, 1.807) is 18.2 Å². The number of barbiturate groups is 1. The molecule has 1 aliphatic rings. The van der Waals surface area contributed by atoms with E-state index in [0.717, 1.165) is 36.8 Å². The molecule has 1 heterocycles. The van der Waals surface area contributed by atoms with Gasteiger partial charge in [-0.15, -0.1) is 0 Å². The maximum absolute atomic E-state index is 13.5. The third-order valence-electron chi connectivity index (χ3n) is 6.44. The lowest BCUT2D eigenvalue weighted by atomic mass is 10.0. The molecule has 0 saturated carbocycles. The number of fused-ring (bicyclic) bond motifs is 1. The fourth-order valence-electron chi connectivity index (χ4n) is 4.32. The van der Waals surface area contributed by atoms with E-state index in [9.17, 15) is 14.4 Å². The molecule has 0 spiro atoms. The molecule has 38 heavy (non-hydrogen) atoms. The second-order valence-electron chi connectivity index (χ2n) is 8.96. The van der Waals surface area contributed by atoms with E-state index in [2.05, 4.69) is 37.2 Å². The van der Waals surface area contributed by atoms with E-state index in [4.69, 9.17) is 4.74 Å². The van der Waals surface area contributed by atoms with E-state index in [1.807, 2.05) is 68.4 Å². The van der Waals surface area contributed by atoms with E-state index < -0.39 is 17.8 Å². The van der Waals surface area contributed by atoms with Gasteiger partial charge in [-0.2, -0.15) is 0 Å². The van der Waals surface area contributed by atoms with Crippen molar-refractivity contribution in [2.75, 3.05) is 4.90 Å². The molecule has 4 aromatic rings. The van der Waals surface area contributed by atoms with Crippen LogP contribution < -0.4 is 15.0 Å². The topological polar surface area (TPSA) is 75.7 Å². The first kappa shape index (κ1) is 25.9. The van der Waals surface area contributed by atoms with Crippen LogP contribution in [0.25, 0.3) is 16.8 Å². The van der Waals surface area contributed by atoms with Crippen LogP contribution in [0.3, 0.4) is 0 Å². The van der Waals surface area contributed by atoms with Crippen LogP contribution in [0.4, 0.5) is 10.5 Å². The second-order valence-corrected chi connectivity index (χ2v) is 10.7. The lowest BCUT2D eigenvalue weighted by Crippen LogP contribution is -2.54. The summed E-state index contributed by atoms with van der Waals surface area (Å²) in [5.74, 6) is -1.02. The maximum atomic E-state index is 13.5. The molecule has 0 unspecified atom stereocenters. The minimum atomic E-state index is -0.789. The summed E-state index contributed by atoms with van der Waals surface area (Å²) >= 11 is 7.03. The number of nitrogens with one attached hydrogen (secondary N) is 1. The number of benzene rings is 4. The molecule has 0 atom stereocenters. The summed E-state index contributed by atoms with van der Waals surface area (Å²) in [4.78, 5) is 39.9. The van der Waals surface area contributed by atoms with Crippen molar-refractivity contribution in [3.05, 3.63) is 110 Å². The number of hydrogen-bond donors (Lipinski definition) is 1. The SMILES string of the molecule is Cc1ccc(N2C(=O)NC(=O)/C(=C\c3cc(Br)cc(Br)c3OCc3cccc4ccccc34)C2=O)cc1C. The Bertz CT molecular complexity index is 1660. The molecule has 1 N–H and O–H groups in total. The molecule has 0 bridgehead atoms. The fourth-order valence-corrected chi connectivity index (χ4v) is 5.69. The zero-order chi connectivity index (χ0) is 27.0. The first-order valence-corrected chi connectivity index (χ1v) is 13.4. The summed E-state index contributed by atoms with van der Waals surface area (Å²) in [5, 5.41) is 4.46. The largest absolute Gasteiger partial charge is 0.487 e. The Morgan fingerprint density at radius 2 is 1.66 bits per heavy atom. The molecule has 5 rings (SSSR count). The molecule has 6 nitrogen and oxygen atoms in total. The molecule has 4 aromatic carbocycles. The summed E-state index contributed by atoms with van der Waals surface area (Å²) < 4.78 is 7.62. The summed E-state index contributed by atoms with van der Waals surface area (Å²) in [6.07, 6.45) is 1.45. The Morgan fingerprint density at radius 1 is 0.895 bits per heavy atom. The van der Waals surface area contributed by atoms with Crippen LogP contribution in [0.1, 0.15) is 22.3 Å². The van der Waals surface area contributed by atoms with Crippen LogP contribution in [0, 0.1) is 13.8 Å². The molecule has 0 aliphatic carbocycles. The highest BCUT2D eigenvalue weighted by Gasteiger charge is 2.37. The van der Waals surface area contributed by atoms with Gasteiger partial charge in [-0.25, -0.2) is 9.69 Å². The number of halogens is 2. The van der Waals surface area contributed by atoms with Gasteiger partial charge in [0.1, 0.15) is 17.9 Å². The number of anilines is 1. The summed E-state index contributed by atoms with van der Waals surface area (Å²) in [6.45, 7) is 4.10. The van der Waals surface area contributed by atoms with Gasteiger partial charge in [0.25, 0.3) is 11.8 Å². The van der Waals surface area contributed by atoms with Crippen LogP contribution >= 0.6 is 31.9 Å². The minimum Gasteiger partial charge on any atom is -0.487 e. The fraction of sp³-hybridized carbons (Fsp3) is 0.100. The third-order valence-corrected chi connectivity index (χ3v) is 7.49. The Labute approximate surface area is 236 Å². The number of ether oxygens (including phenoxy) is 1. The average Bonchev–Trinajstić information content (AvgIpc) is 2.88. The highest BCUT2D eigenvalue weighted by atomic mass is 79.9. The van der Waals surface area contributed by atoms with Gasteiger partial charge in [0.2, 0.25) is 0 Å². The van der Waals surface area contributed by atoms with Gasteiger partial charge < -0.3 is 4.74 Å². The smallest absolute Gasteiger partial charge is 0.335 e. The standard InChI is InChI=1S/C30H22Br2N2O4/c1-17-10-11-23(12-18(17)2)34-29(36)25(28(35)33-30(34)37)14-21-13-22(31)15-26(32)27(21)38-16-20-8-5-7-19-6-3-4-9-24(19)20/h3-15H,16H2,1-2H3,(H,33,35,37)/b25-14+. The van der Waals surface area contributed by atoms with E-state index in [0.29, 0.717) is 21.5 Å². The highest BCUT2D eigenvalue weighted by molar-refractivity contribution is 9.11. The summed E-state index contributed by atoms with van der Waals surface area (Å²) in [6, 6.07) is 22.1. The van der Waals surface area contributed by atoms with Crippen LogP contribution in [-0.4, -0.2) is 17.8 Å². The third kappa shape index (κ3) is 5.01. The summed E-state index contributed by atoms with van der Waals surface area (Å²) in [7, 11) is 0. The Hall–Kier alpha value is -3.75. The van der Waals surface area contributed by atoms with E-state index in [-0.39, 0.29) is 12.2 Å². The van der Waals surface area contributed by atoms with Crippen molar-refractivity contribution in [2.45, 2.75) is 20.5 Å². The lowest BCUT2D eigenvalue weighted by Gasteiger charge is -2.27. The lowest BCUT2D eigenvalue weighted by molar-refractivity contribution is -0.122. The number of urea groups is 1. The van der Waals surface area contributed by atoms with Gasteiger partial charge in [0.15, 0.2) is 0 Å². The molecule has 4 amide bonds. The van der Waals surface area contributed by atoms with Crippen molar-refractivity contribution in [1.29, 1.82) is 0 Å². The van der Waals surface area contributed by atoms with Crippen LogP contribution in [0.15, 0.2) is 87.3 Å². The van der Waals surface area contributed by atoms with Crippen LogP contribution in [0.2, 0.25) is 0 Å². The van der Waals surface area contributed by atoms with E-state index >= 15 is 0 Å². The molecule has 8 heteroatoms. The molecule has 0 radical (unpaired) electrons. The van der Waals surface area contributed by atoms with Crippen molar-refractivity contribution in [2.24, 2.45) is 0 Å². The maximum Gasteiger partial charge on any atom is 0.335 e. The molecular weight excluding hydrogens is 612 g/mol. The van der Waals surface area contributed by atoms with Crippen LogP contribution in [0.5, 0.6) is 5.75 Å².